The maximum atomic E-state index is 13.3. The van der Waals surface area contributed by atoms with Crippen molar-refractivity contribution in [3.8, 4) is 0 Å². The van der Waals surface area contributed by atoms with Crippen LogP contribution in [0.5, 0.6) is 0 Å². The van der Waals surface area contributed by atoms with E-state index in [4.69, 9.17) is 0 Å². The quantitative estimate of drug-likeness (QED) is 0.868. The third-order valence-electron chi connectivity index (χ3n) is 5.35. The summed E-state index contributed by atoms with van der Waals surface area (Å²) in [6.07, 6.45) is 3.58. The van der Waals surface area contributed by atoms with Gasteiger partial charge in [0, 0.05) is 17.6 Å². The number of benzene rings is 2. The number of hydrogen-bond acceptors (Lipinski definition) is 3. The number of nitrogens with one attached hydrogen (secondary N) is 1. The van der Waals surface area contributed by atoms with Crippen molar-refractivity contribution in [3.05, 3.63) is 53.8 Å². The van der Waals surface area contributed by atoms with Gasteiger partial charge in [0.15, 0.2) is 0 Å². The maximum Gasteiger partial charge on any atom is 0.261 e. The highest BCUT2D eigenvalue weighted by molar-refractivity contribution is 7.92. The van der Waals surface area contributed by atoms with Gasteiger partial charge < -0.3 is 4.90 Å². The Morgan fingerprint density at radius 3 is 2.63 bits per heavy atom. The van der Waals surface area contributed by atoms with Crippen molar-refractivity contribution in [2.45, 2.75) is 43.5 Å². The second-order valence-electron chi connectivity index (χ2n) is 7.30. The van der Waals surface area contributed by atoms with Crippen LogP contribution in [0.3, 0.4) is 0 Å². The molecule has 1 aliphatic heterocycles. The van der Waals surface area contributed by atoms with Gasteiger partial charge in [0.05, 0.1) is 10.6 Å². The minimum atomic E-state index is -3.84. The first-order valence-electron chi connectivity index (χ1n) is 9.09. The number of halogens is 1. The van der Waals surface area contributed by atoms with Crippen molar-refractivity contribution in [2.24, 2.45) is 5.92 Å². The average Bonchev–Trinajstić information content (AvgIpc) is 2.87. The van der Waals surface area contributed by atoms with E-state index in [2.05, 4.69) is 4.72 Å². The molecule has 2 aliphatic rings. The van der Waals surface area contributed by atoms with Crippen LogP contribution in [0.15, 0.2) is 47.4 Å². The Morgan fingerprint density at radius 2 is 1.96 bits per heavy atom. The largest absolute Gasteiger partial charge is 0.309 e. The topological polar surface area (TPSA) is 66.5 Å². The molecule has 1 fully saturated rings. The predicted molar refractivity (Wildman–Crippen MR) is 102 cm³/mol. The van der Waals surface area contributed by atoms with Crippen molar-refractivity contribution < 1.29 is 17.6 Å². The summed E-state index contributed by atoms with van der Waals surface area (Å²) in [5, 5.41) is 0. The smallest absolute Gasteiger partial charge is 0.261 e. The van der Waals surface area contributed by atoms with E-state index in [1.54, 1.807) is 12.1 Å². The number of hydrogen-bond donors (Lipinski definition) is 1. The van der Waals surface area contributed by atoms with Crippen LogP contribution in [0.1, 0.15) is 31.7 Å². The Kier molecular flexibility index (Phi) is 4.42. The number of amides is 1. The van der Waals surface area contributed by atoms with Crippen LogP contribution in [0.25, 0.3) is 0 Å². The summed E-state index contributed by atoms with van der Waals surface area (Å²) >= 11 is 0. The van der Waals surface area contributed by atoms with Gasteiger partial charge in [-0.25, -0.2) is 12.8 Å². The van der Waals surface area contributed by atoms with Crippen LogP contribution >= 0.6 is 0 Å². The summed E-state index contributed by atoms with van der Waals surface area (Å²) in [6, 6.07) is 10.2. The SMILES string of the molecule is C[C@@H]1Cc2cc(S(=O)(=O)Nc3cccc(F)c3)ccc2N1C(=O)C1CCC1. The number of fused-ring (bicyclic) bond motifs is 1. The lowest BCUT2D eigenvalue weighted by molar-refractivity contribution is -0.125. The molecule has 1 heterocycles. The monoisotopic (exact) mass is 388 g/mol. The molecule has 4 rings (SSSR count). The highest BCUT2D eigenvalue weighted by atomic mass is 32.2. The van der Waals surface area contributed by atoms with Crippen LogP contribution in [-0.2, 0) is 21.2 Å². The van der Waals surface area contributed by atoms with Gasteiger partial charge >= 0.3 is 0 Å². The van der Waals surface area contributed by atoms with Crippen molar-refractivity contribution in [1.82, 2.24) is 0 Å². The van der Waals surface area contributed by atoms with Gasteiger partial charge in [-0.2, -0.15) is 0 Å². The summed E-state index contributed by atoms with van der Waals surface area (Å²) in [5.74, 6) is -0.277. The van der Waals surface area contributed by atoms with Crippen molar-refractivity contribution in [1.29, 1.82) is 0 Å². The second-order valence-corrected chi connectivity index (χ2v) is 8.98. The summed E-state index contributed by atoms with van der Waals surface area (Å²) in [4.78, 5) is 14.6. The number of anilines is 2. The molecule has 1 N–H and O–H groups in total. The number of carbonyl (C=O) groups excluding carboxylic acids is 1. The fourth-order valence-corrected chi connectivity index (χ4v) is 4.83. The molecule has 5 nitrogen and oxygen atoms in total. The zero-order valence-corrected chi connectivity index (χ0v) is 15.8. The normalized spacial score (nSPS) is 19.5. The molecule has 1 saturated carbocycles. The number of carbonyl (C=O) groups is 1. The van der Waals surface area contributed by atoms with E-state index in [1.165, 1.54) is 24.3 Å². The lowest BCUT2D eigenvalue weighted by atomic mass is 9.84. The first-order chi connectivity index (χ1) is 12.8. The molecule has 142 valence electrons. The Morgan fingerprint density at radius 1 is 1.19 bits per heavy atom. The van der Waals surface area contributed by atoms with Crippen LogP contribution in [0.2, 0.25) is 0 Å². The molecule has 27 heavy (non-hydrogen) atoms. The molecule has 0 bridgehead atoms. The van der Waals surface area contributed by atoms with Gasteiger partial charge in [0.25, 0.3) is 10.0 Å². The third-order valence-corrected chi connectivity index (χ3v) is 6.72. The molecule has 2 aromatic rings. The van der Waals surface area contributed by atoms with E-state index in [0.29, 0.717) is 6.42 Å². The van der Waals surface area contributed by atoms with Gasteiger partial charge in [-0.1, -0.05) is 12.5 Å². The van der Waals surface area contributed by atoms with Crippen LogP contribution < -0.4 is 9.62 Å². The fraction of sp³-hybridized carbons (Fsp3) is 0.350. The molecule has 0 saturated heterocycles. The van der Waals surface area contributed by atoms with Gasteiger partial charge in [0.2, 0.25) is 5.91 Å². The Hall–Kier alpha value is -2.41. The molecule has 2 aromatic carbocycles. The average molecular weight is 388 g/mol. The molecule has 1 atom stereocenters. The van der Waals surface area contributed by atoms with Crippen LogP contribution in [0, 0.1) is 11.7 Å². The summed E-state index contributed by atoms with van der Waals surface area (Å²) in [7, 11) is -3.84. The third kappa shape index (κ3) is 3.32. The molecule has 7 heteroatoms. The van der Waals surface area contributed by atoms with Crippen molar-refractivity contribution in [3.63, 3.8) is 0 Å². The minimum Gasteiger partial charge on any atom is -0.309 e. The van der Waals surface area contributed by atoms with E-state index in [0.717, 1.165) is 36.6 Å². The highest BCUT2D eigenvalue weighted by Crippen LogP contribution is 2.38. The Labute approximate surface area is 158 Å². The molecule has 1 amide bonds. The zero-order valence-electron chi connectivity index (χ0n) is 15.0. The van der Waals surface area contributed by atoms with E-state index in [9.17, 15) is 17.6 Å². The van der Waals surface area contributed by atoms with Crippen molar-refractivity contribution in [2.75, 3.05) is 9.62 Å². The molecular weight excluding hydrogens is 367 g/mol. The summed E-state index contributed by atoms with van der Waals surface area (Å²) in [5.41, 5.74) is 1.81. The Bertz CT molecular complexity index is 1000. The molecule has 0 aromatic heterocycles. The first-order valence-corrected chi connectivity index (χ1v) is 10.6. The predicted octanol–water partition coefficient (Wildman–Crippen LogP) is 3.70. The maximum absolute atomic E-state index is 13.3. The lowest BCUT2D eigenvalue weighted by Crippen LogP contribution is -2.42. The number of nitrogens with zero attached hydrogens (tertiary/aromatic N) is 1. The number of rotatable bonds is 4. The van der Waals surface area contributed by atoms with E-state index in [-0.39, 0.29) is 28.4 Å². The lowest BCUT2D eigenvalue weighted by Gasteiger charge is -2.32. The van der Waals surface area contributed by atoms with Crippen LogP contribution in [0.4, 0.5) is 15.8 Å². The first kappa shape index (κ1) is 18.0. The van der Waals surface area contributed by atoms with E-state index >= 15 is 0 Å². The number of sulfonamides is 1. The molecule has 0 spiro atoms. The van der Waals surface area contributed by atoms with Gasteiger partial charge in [-0.15, -0.1) is 0 Å². The second kappa shape index (κ2) is 6.64. The highest BCUT2D eigenvalue weighted by Gasteiger charge is 2.37. The Balaban J connectivity index is 1.61. The van der Waals surface area contributed by atoms with Gasteiger partial charge in [-0.05, 0) is 68.1 Å². The van der Waals surface area contributed by atoms with Gasteiger partial charge in [-0.3, -0.25) is 9.52 Å². The van der Waals surface area contributed by atoms with Crippen molar-refractivity contribution >= 4 is 27.3 Å². The van der Waals surface area contributed by atoms with Gasteiger partial charge in [0.1, 0.15) is 5.82 Å². The molecular formula is C20H21FN2O3S. The molecule has 0 radical (unpaired) electrons. The standard InChI is InChI=1S/C20H21FN2O3S/c1-13-10-15-11-18(27(25,26)22-17-7-3-6-16(21)12-17)8-9-19(15)23(13)20(24)14-4-2-5-14/h3,6-9,11-14,22H,2,4-5,10H2,1H3/t13-/m1/s1. The fourth-order valence-electron chi connectivity index (χ4n) is 3.73. The van der Waals surface area contributed by atoms with E-state index in [1.807, 2.05) is 11.8 Å². The summed E-state index contributed by atoms with van der Waals surface area (Å²) in [6.45, 7) is 1.98. The summed E-state index contributed by atoms with van der Waals surface area (Å²) < 4.78 is 41.0. The molecule has 1 aliphatic carbocycles. The van der Waals surface area contributed by atoms with E-state index < -0.39 is 15.8 Å². The minimum absolute atomic E-state index is 0.0160. The zero-order chi connectivity index (χ0) is 19.2. The van der Waals surface area contributed by atoms with Crippen LogP contribution in [-0.4, -0.2) is 20.4 Å². The molecule has 0 unspecified atom stereocenters.